The van der Waals surface area contributed by atoms with Gasteiger partial charge in [0, 0.05) is 29.3 Å². The minimum absolute atomic E-state index is 0.00724. The zero-order chi connectivity index (χ0) is 32.4. The summed E-state index contributed by atoms with van der Waals surface area (Å²) in [5, 5.41) is 14.8. The lowest BCUT2D eigenvalue weighted by molar-refractivity contribution is -0.217. The molecule has 0 unspecified atom stereocenters. The molecule has 2 N–H and O–H groups in total. The van der Waals surface area contributed by atoms with E-state index in [4.69, 9.17) is 23.8 Å². The molecular weight excluding hydrogens is 707 g/mol. The van der Waals surface area contributed by atoms with Crippen LogP contribution in [0.3, 0.4) is 0 Å². The van der Waals surface area contributed by atoms with Crippen LogP contribution in [0.25, 0.3) is 0 Å². The van der Waals surface area contributed by atoms with Gasteiger partial charge in [0.1, 0.15) is 35.4 Å². The maximum Gasteiger partial charge on any atom is 0.327 e. The normalized spacial score (nSPS) is 31.2. The van der Waals surface area contributed by atoms with Gasteiger partial charge in [0.2, 0.25) is 5.91 Å². The van der Waals surface area contributed by atoms with Crippen molar-refractivity contribution in [3.8, 4) is 0 Å². The number of ether oxygens (including phenoxy) is 4. The fourth-order valence-corrected chi connectivity index (χ4v) is 8.40. The Balaban J connectivity index is 1.19. The molecule has 3 aliphatic heterocycles. The van der Waals surface area contributed by atoms with Gasteiger partial charge in [-0.15, -0.1) is 0 Å². The van der Waals surface area contributed by atoms with Crippen molar-refractivity contribution >= 4 is 40.4 Å². The van der Waals surface area contributed by atoms with Gasteiger partial charge in [-0.25, -0.2) is 0 Å². The average Bonchev–Trinajstić information content (AvgIpc) is 3.65. The molecule has 0 aromatic heterocycles. The van der Waals surface area contributed by atoms with Gasteiger partial charge in [-0.2, -0.15) is 5.06 Å². The monoisotopic (exact) mass is 746 g/mol. The first kappa shape index (κ1) is 32.0. The van der Waals surface area contributed by atoms with Crippen LogP contribution in [0.15, 0.2) is 48.5 Å². The Morgan fingerprint density at radius 2 is 1.83 bits per heavy atom. The van der Waals surface area contributed by atoms with Crippen molar-refractivity contribution in [1.82, 2.24) is 10.4 Å². The van der Waals surface area contributed by atoms with Crippen LogP contribution >= 0.6 is 22.6 Å². The number of halogens is 1. The summed E-state index contributed by atoms with van der Waals surface area (Å²) in [6.45, 7) is 5.19. The van der Waals surface area contributed by atoms with E-state index in [2.05, 4.69) is 40.0 Å². The molecule has 2 bridgehead atoms. The molecule has 3 saturated heterocycles. The Hall–Kier alpha value is -2.62. The topological polar surface area (TPSA) is 133 Å². The summed E-state index contributed by atoms with van der Waals surface area (Å²) in [5.41, 5.74) is 1.14. The van der Waals surface area contributed by atoms with Crippen molar-refractivity contribution in [3.63, 3.8) is 0 Å². The Morgan fingerprint density at radius 1 is 1.11 bits per heavy atom. The smallest absolute Gasteiger partial charge is 0.327 e. The van der Waals surface area contributed by atoms with Crippen LogP contribution in [0.1, 0.15) is 56.7 Å². The summed E-state index contributed by atoms with van der Waals surface area (Å²) in [6.07, 6.45) is -1.49. The van der Waals surface area contributed by atoms with Gasteiger partial charge in [-0.1, -0.05) is 36.4 Å². The minimum atomic E-state index is -1.39. The molecule has 1 spiro atoms. The van der Waals surface area contributed by atoms with Gasteiger partial charge < -0.3 is 29.4 Å². The maximum absolute atomic E-state index is 14.6. The van der Waals surface area contributed by atoms with E-state index in [-0.39, 0.29) is 25.8 Å². The molecule has 2 aromatic carbocycles. The van der Waals surface area contributed by atoms with E-state index in [1.54, 1.807) is 25.8 Å². The van der Waals surface area contributed by atoms with Crippen molar-refractivity contribution in [2.75, 3.05) is 6.61 Å². The first-order valence-electron chi connectivity index (χ1n) is 15.8. The van der Waals surface area contributed by atoms with Crippen LogP contribution in [-0.4, -0.2) is 82.5 Å². The van der Waals surface area contributed by atoms with E-state index in [1.807, 2.05) is 36.4 Å². The summed E-state index contributed by atoms with van der Waals surface area (Å²) >= 11 is 2.23. The molecule has 2 aliphatic carbocycles. The summed E-state index contributed by atoms with van der Waals surface area (Å²) in [6, 6.07) is 14.1. The Labute approximate surface area is 281 Å². The lowest BCUT2D eigenvalue weighted by Gasteiger charge is -2.49. The van der Waals surface area contributed by atoms with Crippen LogP contribution in [-0.2, 0) is 57.6 Å². The van der Waals surface area contributed by atoms with Gasteiger partial charge in [0.15, 0.2) is 11.8 Å². The van der Waals surface area contributed by atoms with Crippen molar-refractivity contribution in [1.29, 1.82) is 0 Å². The third-order valence-corrected chi connectivity index (χ3v) is 10.3. The van der Waals surface area contributed by atoms with Crippen LogP contribution in [0.2, 0.25) is 0 Å². The fourth-order valence-electron chi connectivity index (χ4n) is 7.79. The van der Waals surface area contributed by atoms with Gasteiger partial charge in [0.25, 0.3) is 0 Å². The van der Waals surface area contributed by atoms with E-state index in [0.717, 1.165) is 20.3 Å². The molecule has 7 atom stereocenters. The SMILES string of the molecule is CC(C)(C)OC(=O)CC[C@@H](CO)NC(=O)[C@@]12C[C@H]3OC(=O)[C@@H]1N(Cc1cccc(I)c1)O[C@@H]2[C@H]1OC2(Cc4ccccc4C2)O[C@H]13. The first-order chi connectivity index (χ1) is 21.9. The van der Waals surface area contributed by atoms with Crippen LogP contribution in [0.4, 0.5) is 0 Å². The van der Waals surface area contributed by atoms with E-state index in [1.165, 1.54) is 0 Å². The number of fused-ring (bicyclic) bond motifs is 5. The van der Waals surface area contributed by atoms with Crippen molar-refractivity contribution in [2.24, 2.45) is 5.41 Å². The van der Waals surface area contributed by atoms with Gasteiger partial charge in [-0.3, -0.25) is 19.2 Å². The molecule has 1 amide bonds. The number of benzene rings is 2. The highest BCUT2D eigenvalue weighted by Gasteiger charge is 2.76. The van der Waals surface area contributed by atoms with E-state index in [0.29, 0.717) is 12.8 Å². The van der Waals surface area contributed by atoms with Gasteiger partial charge in [-0.05, 0) is 78.6 Å². The molecule has 46 heavy (non-hydrogen) atoms. The minimum Gasteiger partial charge on any atom is -0.460 e. The van der Waals surface area contributed by atoms with Crippen molar-refractivity contribution in [2.45, 2.75) is 107 Å². The fraction of sp³-hybridized carbons (Fsp3) is 0.559. The summed E-state index contributed by atoms with van der Waals surface area (Å²) < 4.78 is 25.9. The number of nitrogens with zero attached hydrogens (tertiary/aromatic N) is 1. The van der Waals surface area contributed by atoms with Crippen LogP contribution < -0.4 is 5.32 Å². The van der Waals surface area contributed by atoms with Gasteiger partial charge >= 0.3 is 11.9 Å². The zero-order valence-electron chi connectivity index (χ0n) is 26.1. The predicted octanol–water partition coefficient (Wildman–Crippen LogP) is 2.97. The maximum atomic E-state index is 14.6. The second-order valence-corrected chi connectivity index (χ2v) is 15.3. The molecular formula is C34H39IN2O9. The second-order valence-electron chi connectivity index (χ2n) is 14.0. The molecule has 246 valence electrons. The average molecular weight is 747 g/mol. The van der Waals surface area contributed by atoms with E-state index < -0.39 is 77.8 Å². The lowest BCUT2D eigenvalue weighted by atomic mass is 9.62. The third-order valence-electron chi connectivity index (χ3n) is 9.61. The standard InChI is InChI=1S/C34H39IN2O9/c1-32(2,3)43-25(39)12-11-23(18-38)36-31(41)34-16-24-26-27(45-33(44-26)14-20-8-4-5-9-21(20)15-33)29(34)46-37(28(34)30(40)42-24)17-19-7-6-10-22(35)13-19/h4-10,13,23-24,26-29,38H,11-12,14-18H2,1-3H3,(H,36,41)/t23-,24+,26-,27-,28-,29+,34-/m0/s1. The van der Waals surface area contributed by atoms with Gasteiger partial charge in [0.05, 0.1) is 19.2 Å². The molecule has 4 fully saturated rings. The number of aliphatic hydroxyl groups excluding tert-OH is 1. The molecule has 5 aliphatic rings. The molecule has 2 aromatic rings. The lowest BCUT2D eigenvalue weighted by Crippen LogP contribution is -2.70. The number of hydrogen-bond acceptors (Lipinski definition) is 10. The number of aliphatic hydroxyl groups is 1. The number of esters is 2. The number of hydrogen-bond donors (Lipinski definition) is 2. The molecule has 0 radical (unpaired) electrons. The zero-order valence-corrected chi connectivity index (χ0v) is 28.2. The van der Waals surface area contributed by atoms with Crippen molar-refractivity contribution < 1.29 is 43.3 Å². The van der Waals surface area contributed by atoms with E-state index >= 15 is 0 Å². The Bertz CT molecular complexity index is 1520. The number of rotatable bonds is 8. The highest BCUT2D eigenvalue weighted by molar-refractivity contribution is 14.1. The summed E-state index contributed by atoms with van der Waals surface area (Å²) in [7, 11) is 0. The molecule has 11 nitrogen and oxygen atoms in total. The number of hydroxylamine groups is 2. The second kappa shape index (κ2) is 11.8. The number of carbonyl (C=O) groups excluding carboxylic acids is 3. The number of carbonyl (C=O) groups is 3. The highest BCUT2D eigenvalue weighted by atomic mass is 127. The van der Waals surface area contributed by atoms with Crippen LogP contribution in [0.5, 0.6) is 0 Å². The Morgan fingerprint density at radius 3 is 2.50 bits per heavy atom. The summed E-state index contributed by atoms with van der Waals surface area (Å²) in [4.78, 5) is 47.5. The quantitative estimate of drug-likeness (QED) is 0.307. The molecule has 3 heterocycles. The number of nitrogens with one attached hydrogen (secondary N) is 1. The third kappa shape index (κ3) is 5.64. The largest absolute Gasteiger partial charge is 0.460 e. The van der Waals surface area contributed by atoms with Crippen molar-refractivity contribution in [3.05, 3.63) is 68.8 Å². The number of amides is 1. The predicted molar refractivity (Wildman–Crippen MR) is 171 cm³/mol. The highest BCUT2D eigenvalue weighted by Crippen LogP contribution is 2.58. The molecule has 12 heteroatoms. The summed E-state index contributed by atoms with van der Waals surface area (Å²) in [5.74, 6) is -2.39. The molecule has 7 rings (SSSR count). The Kier molecular flexibility index (Phi) is 8.21. The van der Waals surface area contributed by atoms with E-state index in [9.17, 15) is 19.5 Å². The first-order valence-corrected chi connectivity index (χ1v) is 16.9. The van der Waals surface area contributed by atoms with Crippen LogP contribution in [0, 0.1) is 8.99 Å². The molecule has 1 saturated carbocycles.